The number of carbonyl (C=O) groups excluding carboxylic acids is 12. The lowest BCUT2D eigenvalue weighted by atomic mass is 9.66. The van der Waals surface area contributed by atoms with Crippen molar-refractivity contribution in [3.8, 4) is 0 Å². The molecule has 9 atom stereocenters. The second-order valence-corrected chi connectivity index (χ2v) is 25.4. The van der Waals surface area contributed by atoms with E-state index < -0.39 is 186 Å². The van der Waals surface area contributed by atoms with Crippen LogP contribution >= 0.6 is 23.2 Å². The Morgan fingerprint density at radius 3 is 1.05 bits per heavy atom. The number of hydrogen-bond acceptors (Lipinski definition) is 18. The first kappa shape index (κ1) is 71.0. The number of carbonyl (C=O) groups is 12. The molecule has 3 aromatic carbocycles. The van der Waals surface area contributed by atoms with Gasteiger partial charge in [0.05, 0.1) is 56.1 Å². The minimum absolute atomic E-state index is 0.0656. The molecule has 36 heteroatoms. The summed E-state index contributed by atoms with van der Waals surface area (Å²) in [4.78, 5) is 156. The maximum absolute atomic E-state index is 13.7. The summed E-state index contributed by atoms with van der Waals surface area (Å²) in [6.45, 7) is 10.6. The standard InChI is InChI=1S/C21H19F3N4O5.C20H18Cl2F3N3O5.C20H20F3N3O5/c1-3-14-16-20(17(30)26-19(32)27-18(20)31)7-11-6-10(13(29)8-25-2)4-5-12(11)28(16)9-15(33-14)21(22,23)24;1-2-11-14-19(16(30)26-18(32)27-17(19)31)6-9-5-8(13(29)15(21)22)3-4-10(9)28(14)7-12(33-11)20(23,24)25;1-3-13-15-19(16(28)24-18(30)25-17(19)29)7-11-6-10(9(2)27)4-5-12(11)26(15)8-14(31-13)20(21,22)23/h4-6,14-16H,3,7-9H2,1H3,(H2,26,27,30,31,32);3-5,11-12,14-15H,2,6-7H2,1H3,(H2,26,27,30,31,32);4-6,13-15H,3,7-8H2,1-2H3,(H2,24,25,28,29,30)/t14-,15-,16+;11-,12-,14+;13-,14-,15+/m000/s1. The highest BCUT2D eigenvalue weighted by atomic mass is 35.5. The maximum Gasteiger partial charge on any atom is 0.416 e. The lowest BCUT2D eigenvalue weighted by Gasteiger charge is -2.56. The molecule has 0 bridgehead atoms. The van der Waals surface area contributed by atoms with Crippen LogP contribution in [0.25, 0.3) is 4.85 Å². The van der Waals surface area contributed by atoms with Crippen LogP contribution < -0.4 is 46.6 Å². The molecular formula is C61H57Cl2F9N10O15. The molecule has 6 N–H and O–H groups in total. The van der Waals surface area contributed by atoms with Gasteiger partial charge >= 0.3 is 36.6 Å². The van der Waals surface area contributed by atoms with Gasteiger partial charge in [0.2, 0.25) is 41.2 Å². The van der Waals surface area contributed by atoms with Crippen molar-refractivity contribution in [3.63, 3.8) is 0 Å². The van der Waals surface area contributed by atoms with Gasteiger partial charge in [-0.2, -0.15) is 39.5 Å². The largest absolute Gasteiger partial charge is 0.416 e. The van der Waals surface area contributed by atoms with E-state index in [4.69, 9.17) is 44.0 Å². The van der Waals surface area contributed by atoms with Crippen LogP contribution in [0.2, 0.25) is 0 Å². The number of barbiturate groups is 3. The number of imide groups is 6. The monoisotopic (exact) mass is 1410 g/mol. The fourth-order valence-corrected chi connectivity index (χ4v) is 14.8. The molecule has 6 fully saturated rings. The van der Waals surface area contributed by atoms with Gasteiger partial charge < -0.3 is 33.8 Å². The summed E-state index contributed by atoms with van der Waals surface area (Å²) in [5.74, 6) is -7.00. The first-order valence-electron chi connectivity index (χ1n) is 30.0. The number of rotatable bonds is 8. The van der Waals surface area contributed by atoms with Crippen LogP contribution in [-0.4, -0.2) is 175 Å². The minimum Gasteiger partial charge on any atom is -0.361 e. The minimum atomic E-state index is -4.70. The summed E-state index contributed by atoms with van der Waals surface area (Å²) in [6.07, 6.45) is -24.4. The maximum atomic E-state index is 13.7. The Bertz CT molecular complexity index is 3860. The fraction of sp³-hybridized carbons (Fsp3) is 0.492. The van der Waals surface area contributed by atoms with Crippen molar-refractivity contribution in [2.75, 3.05) is 40.9 Å². The number of nitrogens with one attached hydrogen (secondary N) is 6. The predicted octanol–water partition coefficient (Wildman–Crippen LogP) is 5.82. The number of ketones is 3. The van der Waals surface area contributed by atoms with Crippen LogP contribution in [-0.2, 0) is 62.2 Å². The second kappa shape index (κ2) is 25.9. The normalized spacial score (nSPS) is 26.6. The van der Waals surface area contributed by atoms with Gasteiger partial charge in [-0.25, -0.2) is 21.0 Å². The number of Topliss-reactive ketones (excluding diaryl/α,β-unsaturated/α-hetero) is 3. The van der Waals surface area contributed by atoms with E-state index in [9.17, 15) is 97.0 Å². The zero-order chi connectivity index (χ0) is 71.1. The van der Waals surface area contributed by atoms with Crippen molar-refractivity contribution in [1.29, 1.82) is 0 Å². The van der Waals surface area contributed by atoms with E-state index in [1.807, 2.05) is 0 Å². The third kappa shape index (κ3) is 12.4. The Kier molecular flexibility index (Phi) is 19.0. The highest BCUT2D eigenvalue weighted by Crippen LogP contribution is 2.53. The Labute approximate surface area is 553 Å². The molecule has 25 nitrogen and oxygen atoms in total. The average Bonchev–Trinajstić information content (AvgIpc) is 0.720. The van der Waals surface area contributed by atoms with Crippen LogP contribution in [0.5, 0.6) is 0 Å². The van der Waals surface area contributed by atoms with Gasteiger partial charge in [0, 0.05) is 33.8 Å². The molecule has 518 valence electrons. The SMILES string of the molecule is CC[C@@H]1O[C@H](C(F)(F)F)CN2c3ccc(C(=O)C(Cl)Cl)cc3CC3(C(=O)NC(=O)NC3=O)[C@@H]12.CC[C@@H]1O[C@H](C(F)(F)F)CN2c3ccc(C(C)=O)cc3CC3(C(=O)NC(=O)NC3=O)[C@@H]12.[C-]#[N+]CC(=O)c1ccc2c(c1)CC1(C(=O)NC(=O)NC1=O)[C@H]1[C@H](CC)O[C@H](C(F)(F)F)CN21. The first-order valence-corrected chi connectivity index (χ1v) is 30.8. The lowest BCUT2D eigenvalue weighted by Crippen LogP contribution is -2.76. The summed E-state index contributed by atoms with van der Waals surface area (Å²) in [5, 5.41) is 12.4. The van der Waals surface area contributed by atoms with Crippen LogP contribution in [0.1, 0.15) is 94.7 Å². The van der Waals surface area contributed by atoms with Crippen LogP contribution in [0.3, 0.4) is 0 Å². The lowest BCUT2D eigenvalue weighted by molar-refractivity contribution is -0.245. The van der Waals surface area contributed by atoms with Crippen molar-refractivity contribution in [2.24, 2.45) is 16.2 Å². The number of fused-ring (bicyclic) bond motifs is 12. The van der Waals surface area contributed by atoms with Crippen molar-refractivity contribution in [2.45, 2.75) is 144 Å². The number of urea groups is 3. The first-order chi connectivity index (χ1) is 45.4. The average molecular weight is 1410 g/mol. The molecule has 12 amide bonds. The molecule has 0 aliphatic carbocycles. The van der Waals surface area contributed by atoms with Crippen LogP contribution in [0.15, 0.2) is 54.6 Å². The molecule has 9 aliphatic rings. The van der Waals surface area contributed by atoms with Crippen molar-refractivity contribution in [3.05, 3.63) is 99.4 Å². The van der Waals surface area contributed by atoms with E-state index in [1.165, 1.54) is 76.2 Å². The van der Waals surface area contributed by atoms with E-state index in [0.717, 1.165) is 0 Å². The molecule has 3 spiro atoms. The van der Waals surface area contributed by atoms with E-state index in [0.29, 0.717) is 33.8 Å². The number of hydrogen-bond donors (Lipinski definition) is 6. The van der Waals surface area contributed by atoms with E-state index in [1.54, 1.807) is 20.8 Å². The van der Waals surface area contributed by atoms with Crippen LogP contribution in [0, 0.1) is 22.8 Å². The summed E-state index contributed by atoms with van der Waals surface area (Å²) in [6, 6.07) is 6.57. The molecule has 6 saturated heterocycles. The Morgan fingerprint density at radius 1 is 0.505 bits per heavy atom. The zero-order valence-corrected chi connectivity index (χ0v) is 52.6. The highest BCUT2D eigenvalue weighted by molar-refractivity contribution is 6.55. The van der Waals surface area contributed by atoms with Gasteiger partial charge in [0.1, 0.15) is 0 Å². The van der Waals surface area contributed by atoms with Gasteiger partial charge in [-0.1, -0.05) is 44.0 Å². The molecule has 9 heterocycles. The molecule has 97 heavy (non-hydrogen) atoms. The van der Waals surface area contributed by atoms with Crippen LogP contribution in [0.4, 0.5) is 71.0 Å². The van der Waals surface area contributed by atoms with Gasteiger partial charge in [-0.3, -0.25) is 75.1 Å². The smallest absolute Gasteiger partial charge is 0.361 e. The van der Waals surface area contributed by atoms with Crippen molar-refractivity contribution >= 4 is 111 Å². The van der Waals surface area contributed by atoms with Gasteiger partial charge in [-0.05, 0) is 117 Å². The summed E-state index contributed by atoms with van der Waals surface area (Å²) >= 11 is 11.3. The van der Waals surface area contributed by atoms with E-state index in [2.05, 4.69) is 36.7 Å². The number of halogens is 11. The molecule has 9 aliphatic heterocycles. The molecule has 3 aromatic rings. The third-order valence-corrected chi connectivity index (χ3v) is 19.2. The summed E-state index contributed by atoms with van der Waals surface area (Å²) in [5.41, 5.74) is -3.34. The quantitative estimate of drug-likeness (QED) is 0.0509. The van der Waals surface area contributed by atoms with Gasteiger partial charge in [-0.15, -0.1) is 0 Å². The summed E-state index contributed by atoms with van der Waals surface area (Å²) < 4.78 is 139. The molecule has 12 rings (SSSR count). The van der Waals surface area contributed by atoms with Crippen molar-refractivity contribution < 1.29 is 111 Å². The number of benzene rings is 3. The molecular weight excluding hydrogens is 1350 g/mol. The second-order valence-electron chi connectivity index (χ2n) is 24.3. The Hall–Kier alpha value is -8.78. The van der Waals surface area contributed by atoms with Gasteiger partial charge in [0.15, 0.2) is 51.0 Å². The number of morpholine rings is 3. The Balaban J connectivity index is 0.000000158. The van der Waals surface area contributed by atoms with Gasteiger partial charge in [0.25, 0.3) is 6.54 Å². The topological polar surface area (TPSA) is 319 Å². The Morgan fingerprint density at radius 2 is 0.784 bits per heavy atom. The van der Waals surface area contributed by atoms with E-state index >= 15 is 0 Å². The molecule has 0 saturated carbocycles. The number of anilines is 3. The summed E-state index contributed by atoms with van der Waals surface area (Å²) in [7, 11) is 0. The number of alkyl halides is 11. The third-order valence-electron chi connectivity index (χ3n) is 18.8. The number of ether oxygens (including phenoxy) is 3. The highest BCUT2D eigenvalue weighted by Gasteiger charge is 2.69. The fourth-order valence-electron chi connectivity index (χ4n) is 14.5. The molecule has 0 aromatic heterocycles. The molecule has 0 unspecified atom stereocenters. The zero-order valence-electron chi connectivity index (χ0n) is 51.1. The van der Waals surface area contributed by atoms with E-state index in [-0.39, 0.29) is 61.0 Å². The predicted molar refractivity (Wildman–Crippen MR) is 317 cm³/mol. The number of amides is 12. The molecule has 0 radical (unpaired) electrons. The number of nitrogens with zero attached hydrogens (tertiary/aromatic N) is 4. The van der Waals surface area contributed by atoms with Crippen molar-refractivity contribution in [1.82, 2.24) is 31.9 Å².